The van der Waals surface area contributed by atoms with Crippen LogP contribution in [0.3, 0.4) is 0 Å². The highest BCUT2D eigenvalue weighted by atomic mass is 35.5. The number of hydrogen-bond acceptors (Lipinski definition) is 8. The molecule has 0 spiro atoms. The fraction of sp³-hybridized carbons (Fsp3) is 0.923. The summed E-state index contributed by atoms with van der Waals surface area (Å²) >= 11 is 6.64. The third-order valence-electron chi connectivity index (χ3n) is 8.75. The number of rotatable bonds is 9. The van der Waals surface area contributed by atoms with Crippen molar-refractivity contribution in [1.82, 2.24) is 21.3 Å². The zero-order valence-corrected chi connectivity index (χ0v) is 22.9. The lowest BCUT2D eigenvalue weighted by Crippen LogP contribution is -2.51. The van der Waals surface area contributed by atoms with E-state index < -0.39 is 0 Å². The Morgan fingerprint density at radius 2 is 1.69 bits per heavy atom. The van der Waals surface area contributed by atoms with Gasteiger partial charge >= 0.3 is 0 Å². The van der Waals surface area contributed by atoms with Gasteiger partial charge in [0.1, 0.15) is 6.23 Å². The van der Waals surface area contributed by atoms with E-state index in [1.165, 1.54) is 0 Å². The smallest absolute Gasteiger partial charge is 0.223 e. The second-order valence-electron chi connectivity index (χ2n) is 11.2. The van der Waals surface area contributed by atoms with E-state index in [0.717, 1.165) is 77.1 Å². The molecule has 9 nitrogen and oxygen atoms in total. The van der Waals surface area contributed by atoms with Gasteiger partial charge in [-0.2, -0.15) is 0 Å². The number of carbonyl (C=O) groups is 1. The molecule has 8 atom stereocenters. The van der Waals surface area contributed by atoms with Crippen molar-refractivity contribution in [3.8, 4) is 0 Å². The predicted octanol–water partition coefficient (Wildman–Crippen LogP) is 1.70. The van der Waals surface area contributed by atoms with Gasteiger partial charge in [0.2, 0.25) is 5.91 Å². The highest BCUT2D eigenvalue weighted by Gasteiger charge is 2.40. The van der Waals surface area contributed by atoms with Gasteiger partial charge in [-0.25, -0.2) is 0 Å². The minimum absolute atomic E-state index is 0.0167. The third kappa shape index (κ3) is 7.47. The predicted molar refractivity (Wildman–Crippen MR) is 141 cm³/mol. The maximum absolute atomic E-state index is 13.4. The molecule has 2 aliphatic heterocycles. The van der Waals surface area contributed by atoms with Crippen LogP contribution < -0.4 is 21.3 Å². The molecule has 2 heterocycles. The van der Waals surface area contributed by atoms with Crippen molar-refractivity contribution in [3.05, 3.63) is 0 Å². The van der Waals surface area contributed by atoms with Gasteiger partial charge in [0.05, 0.1) is 24.1 Å². The maximum atomic E-state index is 13.4. The summed E-state index contributed by atoms with van der Waals surface area (Å²) in [6, 6.07) is 0. The summed E-state index contributed by atoms with van der Waals surface area (Å²) < 4.78 is 16.7. The number of hydrogen-bond donors (Lipinski definition) is 4. The maximum Gasteiger partial charge on any atom is 0.223 e. The minimum Gasteiger partial charge on any atom is -0.381 e. The number of methoxy groups -OCH3 is 3. The number of ether oxygens (including phenoxy) is 3. The van der Waals surface area contributed by atoms with Crippen LogP contribution in [0.25, 0.3) is 0 Å². The topological polar surface area (TPSA) is 105 Å². The van der Waals surface area contributed by atoms with Crippen LogP contribution in [0.1, 0.15) is 44.9 Å². The molecule has 0 radical (unpaired) electrons. The van der Waals surface area contributed by atoms with E-state index in [2.05, 4.69) is 26.3 Å². The first kappa shape index (κ1) is 27.9. The lowest BCUT2D eigenvalue weighted by molar-refractivity contribution is -0.128. The van der Waals surface area contributed by atoms with E-state index in [1.54, 1.807) is 21.3 Å². The number of nitrogens with zero attached hydrogens (tertiary/aromatic N) is 1. The number of amides is 1. The summed E-state index contributed by atoms with van der Waals surface area (Å²) in [6.45, 7) is 4.12. The number of halogens is 1. The van der Waals surface area contributed by atoms with Crippen LogP contribution in [0.15, 0.2) is 4.99 Å². The first-order chi connectivity index (χ1) is 17.5. The summed E-state index contributed by atoms with van der Waals surface area (Å²) in [6.07, 6.45) is 7.00. The van der Waals surface area contributed by atoms with E-state index in [-0.39, 0.29) is 35.6 Å². The Kier molecular flexibility index (Phi) is 10.5. The van der Waals surface area contributed by atoms with Crippen LogP contribution in [0.4, 0.5) is 0 Å². The van der Waals surface area contributed by atoms with E-state index in [0.29, 0.717) is 30.2 Å². The zero-order valence-electron chi connectivity index (χ0n) is 22.1. The van der Waals surface area contributed by atoms with Crippen LogP contribution >= 0.6 is 11.6 Å². The van der Waals surface area contributed by atoms with Crippen molar-refractivity contribution in [3.63, 3.8) is 0 Å². The molecule has 2 saturated carbocycles. The molecule has 4 N–H and O–H groups in total. The molecular weight excluding hydrogens is 482 g/mol. The Hall–Kier alpha value is -1.13. The fourth-order valence-corrected chi connectivity index (χ4v) is 7.18. The highest BCUT2D eigenvalue weighted by Crippen LogP contribution is 2.40. The number of guanidine groups is 1. The van der Waals surface area contributed by atoms with Crippen molar-refractivity contribution < 1.29 is 19.0 Å². The molecule has 8 unspecified atom stereocenters. The second-order valence-corrected chi connectivity index (χ2v) is 11.7. The first-order valence-electron chi connectivity index (χ1n) is 13.7. The van der Waals surface area contributed by atoms with Gasteiger partial charge in [0.25, 0.3) is 0 Å². The number of alkyl halides is 1. The zero-order chi connectivity index (χ0) is 25.5. The van der Waals surface area contributed by atoms with E-state index in [4.69, 9.17) is 25.8 Å². The van der Waals surface area contributed by atoms with Gasteiger partial charge in [0, 0.05) is 53.4 Å². The largest absolute Gasteiger partial charge is 0.381 e. The molecule has 0 aromatic carbocycles. The van der Waals surface area contributed by atoms with Crippen molar-refractivity contribution in [2.45, 2.75) is 68.8 Å². The normalized spacial score (nSPS) is 39.2. The fourth-order valence-electron chi connectivity index (χ4n) is 6.76. The van der Waals surface area contributed by atoms with Crippen LogP contribution in [0, 0.1) is 29.6 Å². The molecule has 0 bridgehead atoms. The molecule has 3 fully saturated rings. The second kappa shape index (κ2) is 13.6. The summed E-state index contributed by atoms with van der Waals surface area (Å²) in [5, 5.41) is 13.5. The Labute approximate surface area is 221 Å². The van der Waals surface area contributed by atoms with Gasteiger partial charge in [-0.3, -0.25) is 15.1 Å². The SMILES string of the molecule is COC1CC(CNC(=O)C2CC(CNC3=NCCN3)CC(C3CNC(OC)C(Cl)C3)C2)CC(OC)C1. The average molecular weight is 528 g/mol. The molecule has 10 heteroatoms. The number of nitrogens with one attached hydrogen (secondary N) is 4. The molecular formula is C26H46ClN5O4. The van der Waals surface area contributed by atoms with Crippen LogP contribution in [0.5, 0.6) is 0 Å². The standard InChI is InChI=1S/C26H46ClN5O4/c1-34-21-8-17(9-22(12-21)35-2)13-30-24(33)19-7-16(14-32-26-28-4-5-29-26)6-18(10-19)20-11-23(27)25(36-3)31-15-20/h16-23,25,31H,4-15H2,1-3H3,(H,30,33)(H2,28,29,32). The van der Waals surface area contributed by atoms with Crippen molar-refractivity contribution in [2.75, 3.05) is 54.1 Å². The average Bonchev–Trinajstić information content (AvgIpc) is 3.44. The van der Waals surface area contributed by atoms with E-state index >= 15 is 0 Å². The Balaban J connectivity index is 1.35. The molecule has 2 aliphatic carbocycles. The molecule has 36 heavy (non-hydrogen) atoms. The van der Waals surface area contributed by atoms with Crippen LogP contribution in [-0.4, -0.2) is 89.7 Å². The molecule has 1 amide bonds. The van der Waals surface area contributed by atoms with Gasteiger partial charge in [-0.15, -0.1) is 11.6 Å². The van der Waals surface area contributed by atoms with Gasteiger partial charge in [0.15, 0.2) is 5.96 Å². The molecule has 1 saturated heterocycles. The van der Waals surface area contributed by atoms with E-state index in [1.807, 2.05) is 0 Å². The van der Waals surface area contributed by atoms with Crippen molar-refractivity contribution >= 4 is 23.5 Å². The number of carbonyl (C=O) groups excluding carboxylic acids is 1. The Morgan fingerprint density at radius 3 is 2.33 bits per heavy atom. The monoisotopic (exact) mass is 527 g/mol. The number of aliphatic imine (C=N–C) groups is 1. The molecule has 4 aliphatic rings. The first-order valence-corrected chi connectivity index (χ1v) is 14.2. The lowest BCUT2D eigenvalue weighted by Gasteiger charge is -2.42. The Bertz CT molecular complexity index is 731. The summed E-state index contributed by atoms with van der Waals surface area (Å²) in [5.41, 5.74) is 0. The highest BCUT2D eigenvalue weighted by molar-refractivity contribution is 6.21. The van der Waals surface area contributed by atoms with Crippen molar-refractivity contribution in [1.29, 1.82) is 0 Å². The van der Waals surface area contributed by atoms with E-state index in [9.17, 15) is 4.79 Å². The molecule has 4 rings (SSSR count). The minimum atomic E-state index is -0.100. The van der Waals surface area contributed by atoms with Crippen molar-refractivity contribution in [2.24, 2.45) is 34.6 Å². The third-order valence-corrected chi connectivity index (χ3v) is 9.16. The molecule has 0 aromatic rings. The van der Waals surface area contributed by atoms with Gasteiger partial charge in [-0.1, -0.05) is 0 Å². The quantitative estimate of drug-likeness (QED) is 0.338. The molecule has 206 valence electrons. The van der Waals surface area contributed by atoms with Gasteiger partial charge < -0.3 is 30.2 Å². The van der Waals surface area contributed by atoms with Crippen LogP contribution in [-0.2, 0) is 19.0 Å². The Morgan fingerprint density at radius 1 is 0.944 bits per heavy atom. The number of piperidine rings is 1. The van der Waals surface area contributed by atoms with Crippen LogP contribution in [0.2, 0.25) is 0 Å². The summed E-state index contributed by atoms with van der Waals surface area (Å²) in [5.74, 6) is 2.80. The van der Waals surface area contributed by atoms with Gasteiger partial charge in [-0.05, 0) is 68.6 Å². The lowest BCUT2D eigenvalue weighted by atomic mass is 9.68. The summed E-state index contributed by atoms with van der Waals surface area (Å²) in [7, 11) is 5.23. The summed E-state index contributed by atoms with van der Waals surface area (Å²) in [4.78, 5) is 17.9. The molecule has 0 aromatic heterocycles.